The van der Waals surface area contributed by atoms with E-state index in [2.05, 4.69) is 41.3 Å². The third-order valence-electron chi connectivity index (χ3n) is 6.08. The largest absolute Gasteiger partial charge is 0.375 e. The Morgan fingerprint density at radius 1 is 1.17 bits per heavy atom. The summed E-state index contributed by atoms with van der Waals surface area (Å²) in [5.41, 5.74) is 2.16. The van der Waals surface area contributed by atoms with Gasteiger partial charge in [0.2, 0.25) is 0 Å². The zero-order valence-corrected chi connectivity index (χ0v) is 18.9. The minimum Gasteiger partial charge on any atom is -0.375 e. The van der Waals surface area contributed by atoms with Crippen LogP contribution in [-0.2, 0) is 16.7 Å². The van der Waals surface area contributed by atoms with Crippen molar-refractivity contribution < 1.29 is 4.74 Å². The van der Waals surface area contributed by atoms with Crippen LogP contribution in [0.5, 0.6) is 0 Å². The molecule has 1 aliphatic rings. The predicted octanol–water partition coefficient (Wildman–Crippen LogP) is 5.96. The molecule has 3 rings (SSSR count). The van der Waals surface area contributed by atoms with Gasteiger partial charge in [0.05, 0.1) is 10.6 Å². The molecule has 0 radical (unpaired) electrons. The Balaban J connectivity index is 1.55. The molecule has 0 spiro atoms. The van der Waals surface area contributed by atoms with Crippen LogP contribution in [0, 0.1) is 0 Å². The van der Waals surface area contributed by atoms with Crippen LogP contribution in [0.3, 0.4) is 0 Å². The van der Waals surface area contributed by atoms with Gasteiger partial charge in [0.1, 0.15) is 5.15 Å². The van der Waals surface area contributed by atoms with Crippen LogP contribution in [0.1, 0.15) is 63.6 Å². The summed E-state index contributed by atoms with van der Waals surface area (Å²) in [5, 5.41) is 4.33. The lowest BCUT2D eigenvalue weighted by atomic mass is 9.80. The number of halogens is 2. The molecular weight excluding hydrogens is 405 g/mol. The maximum Gasteiger partial charge on any atom is 0.147 e. The molecule has 0 aromatic carbocycles. The fraction of sp³-hybridized carbons (Fsp3) is 0.565. The smallest absolute Gasteiger partial charge is 0.147 e. The molecule has 4 nitrogen and oxygen atoms in total. The Kier molecular flexibility index (Phi) is 7.92. The van der Waals surface area contributed by atoms with Crippen LogP contribution < -0.4 is 5.32 Å². The first-order valence-corrected chi connectivity index (χ1v) is 11.2. The molecule has 2 heterocycles. The van der Waals surface area contributed by atoms with Gasteiger partial charge in [-0.25, -0.2) is 4.98 Å². The molecule has 2 aromatic heterocycles. The molecule has 1 atom stereocenters. The molecule has 158 valence electrons. The lowest BCUT2D eigenvalue weighted by Gasteiger charge is -2.32. The molecule has 1 saturated carbocycles. The molecule has 0 bridgehead atoms. The van der Waals surface area contributed by atoms with Gasteiger partial charge in [0.15, 0.2) is 0 Å². The van der Waals surface area contributed by atoms with E-state index in [-0.39, 0.29) is 11.0 Å². The molecule has 1 N–H and O–H groups in total. The maximum atomic E-state index is 6.32. The maximum absolute atomic E-state index is 6.32. The normalized spacial score (nSPS) is 17.9. The van der Waals surface area contributed by atoms with Gasteiger partial charge in [0, 0.05) is 36.7 Å². The fourth-order valence-corrected chi connectivity index (χ4v) is 4.34. The second-order valence-corrected chi connectivity index (χ2v) is 9.34. The van der Waals surface area contributed by atoms with E-state index < -0.39 is 0 Å². The minimum absolute atomic E-state index is 0.0425. The van der Waals surface area contributed by atoms with Gasteiger partial charge in [-0.1, -0.05) is 49.0 Å². The van der Waals surface area contributed by atoms with E-state index in [0.29, 0.717) is 16.7 Å². The quantitative estimate of drug-likeness (QED) is 0.369. The summed E-state index contributed by atoms with van der Waals surface area (Å²) in [6.45, 7) is 6.88. The molecule has 0 saturated heterocycles. The standard InChI is InChI=1S/C23H31Cl2N3O/c1-22(20-7-3-6-12-27-20,11-14-29-23(2)8-4-5-9-23)10-13-26-16-18-15-19(24)21(25)28-17-18/h3,6-7,12,15,17,26H,4-5,8-11,13-14,16H2,1-2H3/t22-/m1/s1. The predicted molar refractivity (Wildman–Crippen MR) is 120 cm³/mol. The summed E-state index contributed by atoms with van der Waals surface area (Å²) >= 11 is 11.9. The van der Waals surface area contributed by atoms with E-state index >= 15 is 0 Å². The lowest BCUT2D eigenvalue weighted by molar-refractivity contribution is -0.0336. The number of aromatic nitrogens is 2. The van der Waals surface area contributed by atoms with Crippen molar-refractivity contribution in [2.45, 2.75) is 69.9 Å². The minimum atomic E-state index is -0.0425. The van der Waals surface area contributed by atoms with E-state index in [9.17, 15) is 0 Å². The second kappa shape index (κ2) is 10.2. The highest BCUT2D eigenvalue weighted by Gasteiger charge is 2.32. The van der Waals surface area contributed by atoms with Gasteiger partial charge >= 0.3 is 0 Å². The molecule has 2 aromatic rings. The lowest BCUT2D eigenvalue weighted by Crippen LogP contribution is -2.32. The number of hydrogen-bond donors (Lipinski definition) is 1. The zero-order valence-electron chi connectivity index (χ0n) is 17.4. The van der Waals surface area contributed by atoms with Crippen molar-refractivity contribution in [2.75, 3.05) is 13.2 Å². The van der Waals surface area contributed by atoms with Crippen molar-refractivity contribution in [1.82, 2.24) is 15.3 Å². The summed E-state index contributed by atoms with van der Waals surface area (Å²) in [5.74, 6) is 0. The van der Waals surface area contributed by atoms with Crippen LogP contribution in [-0.4, -0.2) is 28.7 Å². The first-order valence-electron chi connectivity index (χ1n) is 10.5. The molecule has 29 heavy (non-hydrogen) atoms. The van der Waals surface area contributed by atoms with Crippen LogP contribution in [0.15, 0.2) is 36.7 Å². The van der Waals surface area contributed by atoms with Crippen molar-refractivity contribution >= 4 is 23.2 Å². The third-order valence-corrected chi connectivity index (χ3v) is 6.77. The summed E-state index contributed by atoms with van der Waals surface area (Å²) < 4.78 is 6.32. The van der Waals surface area contributed by atoms with Crippen LogP contribution >= 0.6 is 23.2 Å². The molecule has 0 amide bonds. The highest BCUT2D eigenvalue weighted by Crippen LogP contribution is 2.35. The van der Waals surface area contributed by atoms with Gasteiger partial charge in [-0.15, -0.1) is 0 Å². The topological polar surface area (TPSA) is 47.0 Å². The third kappa shape index (κ3) is 6.39. The van der Waals surface area contributed by atoms with Crippen molar-refractivity contribution in [3.8, 4) is 0 Å². The first-order chi connectivity index (χ1) is 13.9. The van der Waals surface area contributed by atoms with Crippen LogP contribution in [0.25, 0.3) is 0 Å². The summed E-state index contributed by atoms with van der Waals surface area (Å²) in [7, 11) is 0. The second-order valence-electron chi connectivity index (χ2n) is 8.57. The van der Waals surface area contributed by atoms with Crippen molar-refractivity contribution in [1.29, 1.82) is 0 Å². The first kappa shape index (κ1) is 22.5. The Morgan fingerprint density at radius 2 is 1.97 bits per heavy atom. The van der Waals surface area contributed by atoms with Crippen molar-refractivity contribution in [2.24, 2.45) is 0 Å². The summed E-state index contributed by atoms with van der Waals surface area (Å²) in [6.07, 6.45) is 10.5. The fourth-order valence-electron chi connectivity index (χ4n) is 4.05. The van der Waals surface area contributed by atoms with Crippen molar-refractivity contribution in [3.63, 3.8) is 0 Å². The van der Waals surface area contributed by atoms with E-state index in [4.69, 9.17) is 27.9 Å². The number of pyridine rings is 2. The van der Waals surface area contributed by atoms with E-state index in [1.54, 1.807) is 6.20 Å². The number of ether oxygens (including phenoxy) is 1. The highest BCUT2D eigenvalue weighted by atomic mass is 35.5. The Labute approximate surface area is 184 Å². The van der Waals surface area contributed by atoms with Crippen LogP contribution in [0.2, 0.25) is 10.2 Å². The average Bonchev–Trinajstić information content (AvgIpc) is 3.15. The molecule has 1 aliphatic carbocycles. The summed E-state index contributed by atoms with van der Waals surface area (Å²) in [6, 6.07) is 8.02. The SMILES string of the molecule is CC1(OCC[C@@](C)(CCNCc2cnc(Cl)c(Cl)c2)c2ccccn2)CCCC1. The van der Waals surface area contributed by atoms with Gasteiger partial charge in [-0.05, 0) is 62.9 Å². The number of nitrogens with one attached hydrogen (secondary N) is 1. The molecule has 0 unspecified atom stereocenters. The van der Waals surface area contributed by atoms with Gasteiger partial charge in [-0.2, -0.15) is 0 Å². The monoisotopic (exact) mass is 435 g/mol. The Bertz CT molecular complexity index is 781. The highest BCUT2D eigenvalue weighted by molar-refractivity contribution is 6.41. The Hall–Kier alpha value is -1.20. The van der Waals surface area contributed by atoms with Crippen LogP contribution in [0.4, 0.5) is 0 Å². The molecule has 0 aliphatic heterocycles. The number of rotatable bonds is 10. The van der Waals surface area contributed by atoms with Gasteiger partial charge < -0.3 is 10.1 Å². The van der Waals surface area contributed by atoms with E-state index in [1.165, 1.54) is 25.7 Å². The van der Waals surface area contributed by atoms with Gasteiger partial charge in [0.25, 0.3) is 0 Å². The number of hydrogen-bond acceptors (Lipinski definition) is 4. The average molecular weight is 436 g/mol. The molecule has 6 heteroatoms. The zero-order chi connectivity index (χ0) is 20.7. The van der Waals surface area contributed by atoms with E-state index in [0.717, 1.165) is 37.3 Å². The summed E-state index contributed by atoms with van der Waals surface area (Å²) in [4.78, 5) is 8.76. The van der Waals surface area contributed by atoms with Gasteiger partial charge in [-0.3, -0.25) is 4.98 Å². The number of nitrogens with zero attached hydrogens (tertiary/aromatic N) is 2. The Morgan fingerprint density at radius 3 is 2.66 bits per heavy atom. The molecule has 1 fully saturated rings. The van der Waals surface area contributed by atoms with Crippen molar-refractivity contribution in [3.05, 3.63) is 58.1 Å². The molecular formula is C23H31Cl2N3O. The van der Waals surface area contributed by atoms with E-state index in [1.807, 2.05) is 18.3 Å².